The van der Waals surface area contributed by atoms with Crippen molar-refractivity contribution in [3.05, 3.63) is 18.2 Å². The second-order valence-electron chi connectivity index (χ2n) is 4.92. The lowest BCUT2D eigenvalue weighted by Crippen LogP contribution is -2.43. The van der Waals surface area contributed by atoms with Crippen molar-refractivity contribution in [2.45, 2.75) is 65.5 Å². The van der Waals surface area contributed by atoms with Crippen LogP contribution >= 0.6 is 0 Å². The summed E-state index contributed by atoms with van der Waals surface area (Å²) < 4.78 is 2.19. The lowest BCUT2D eigenvalue weighted by molar-refractivity contribution is 0.312. The Labute approximate surface area is 111 Å². The van der Waals surface area contributed by atoms with Crippen LogP contribution in [0.1, 0.15) is 52.3 Å². The number of nitrogens with one attached hydrogen (secondary N) is 1. The summed E-state index contributed by atoms with van der Waals surface area (Å²) in [4.78, 5) is 4.44. The topological polar surface area (TPSA) is 55.9 Å². The molecule has 3 N–H and O–H groups in total. The smallest absolute Gasteiger partial charge is 0.110 e. The molecule has 0 fully saturated rings. The van der Waals surface area contributed by atoms with E-state index in [-0.39, 0.29) is 0 Å². The molecule has 4 heteroatoms. The monoisotopic (exact) mass is 252 g/mol. The first-order valence-corrected chi connectivity index (χ1v) is 7.22. The number of aromatic nitrogens is 2. The SMILES string of the molecule is CCCCC(CC)C(Cc1nccn1CC)NN. The predicted octanol–water partition coefficient (Wildman–Crippen LogP) is 2.49. The zero-order chi connectivity index (χ0) is 13.4. The summed E-state index contributed by atoms with van der Waals surface area (Å²) in [5.41, 5.74) is 3.00. The van der Waals surface area contributed by atoms with Gasteiger partial charge in [0.25, 0.3) is 0 Å². The lowest BCUT2D eigenvalue weighted by atomic mass is 9.89. The number of nitrogens with two attached hydrogens (primary N) is 1. The van der Waals surface area contributed by atoms with Gasteiger partial charge in [-0.15, -0.1) is 0 Å². The zero-order valence-electron chi connectivity index (χ0n) is 12.0. The van der Waals surface area contributed by atoms with Crippen molar-refractivity contribution < 1.29 is 0 Å². The molecular weight excluding hydrogens is 224 g/mol. The maximum absolute atomic E-state index is 5.74. The van der Waals surface area contributed by atoms with Crippen LogP contribution in [-0.4, -0.2) is 15.6 Å². The minimum atomic E-state index is 0.328. The summed E-state index contributed by atoms with van der Waals surface area (Å²) in [6.45, 7) is 7.60. The Morgan fingerprint density at radius 3 is 2.72 bits per heavy atom. The molecule has 4 nitrogen and oxygen atoms in total. The molecule has 0 saturated carbocycles. The first-order valence-electron chi connectivity index (χ1n) is 7.22. The molecule has 0 saturated heterocycles. The number of rotatable bonds is 9. The molecule has 0 bridgehead atoms. The molecule has 18 heavy (non-hydrogen) atoms. The molecule has 0 aliphatic carbocycles. The zero-order valence-corrected chi connectivity index (χ0v) is 12.0. The third-order valence-corrected chi connectivity index (χ3v) is 3.78. The van der Waals surface area contributed by atoms with Crippen molar-refractivity contribution in [3.8, 4) is 0 Å². The second kappa shape index (κ2) is 8.27. The van der Waals surface area contributed by atoms with Crippen LogP contribution in [-0.2, 0) is 13.0 Å². The van der Waals surface area contributed by atoms with Crippen LogP contribution in [0, 0.1) is 5.92 Å². The van der Waals surface area contributed by atoms with Gasteiger partial charge in [0, 0.05) is 31.4 Å². The standard InChI is InChI=1S/C14H28N4/c1-4-7-8-12(5-2)13(17-15)11-14-16-9-10-18(14)6-3/h9-10,12-13,17H,4-8,11,15H2,1-3H3. The van der Waals surface area contributed by atoms with E-state index in [9.17, 15) is 0 Å². The average molecular weight is 252 g/mol. The fraction of sp³-hybridized carbons (Fsp3) is 0.786. The maximum atomic E-state index is 5.74. The first-order chi connectivity index (χ1) is 8.76. The van der Waals surface area contributed by atoms with E-state index in [1.807, 2.05) is 12.4 Å². The Hall–Kier alpha value is -0.870. The molecule has 0 amide bonds. The fourth-order valence-electron chi connectivity index (χ4n) is 2.53. The van der Waals surface area contributed by atoms with Gasteiger partial charge in [-0.25, -0.2) is 4.98 Å². The molecule has 0 aliphatic rings. The average Bonchev–Trinajstić information content (AvgIpc) is 2.85. The van der Waals surface area contributed by atoms with E-state index < -0.39 is 0 Å². The van der Waals surface area contributed by atoms with Gasteiger partial charge in [-0.3, -0.25) is 11.3 Å². The van der Waals surface area contributed by atoms with E-state index in [0.29, 0.717) is 12.0 Å². The summed E-state index contributed by atoms with van der Waals surface area (Å²) in [5, 5.41) is 0. The highest BCUT2D eigenvalue weighted by Crippen LogP contribution is 2.19. The largest absolute Gasteiger partial charge is 0.335 e. The fourth-order valence-corrected chi connectivity index (χ4v) is 2.53. The molecule has 1 rings (SSSR count). The van der Waals surface area contributed by atoms with E-state index >= 15 is 0 Å². The van der Waals surface area contributed by atoms with Crippen molar-refractivity contribution in [2.75, 3.05) is 0 Å². The molecule has 0 spiro atoms. The summed E-state index contributed by atoms with van der Waals surface area (Å²) in [6, 6.07) is 0.328. The van der Waals surface area contributed by atoms with Gasteiger partial charge in [-0.2, -0.15) is 0 Å². The number of imidazole rings is 1. The van der Waals surface area contributed by atoms with Gasteiger partial charge >= 0.3 is 0 Å². The van der Waals surface area contributed by atoms with Gasteiger partial charge in [0.05, 0.1) is 0 Å². The van der Waals surface area contributed by atoms with Crippen LogP contribution in [0.3, 0.4) is 0 Å². The van der Waals surface area contributed by atoms with Gasteiger partial charge in [-0.1, -0.05) is 33.1 Å². The highest BCUT2D eigenvalue weighted by Gasteiger charge is 2.20. The van der Waals surface area contributed by atoms with Crippen LogP contribution in [0.15, 0.2) is 12.4 Å². The second-order valence-corrected chi connectivity index (χ2v) is 4.92. The molecule has 104 valence electrons. The molecule has 2 atom stereocenters. The summed E-state index contributed by atoms with van der Waals surface area (Å²) in [7, 11) is 0. The highest BCUT2D eigenvalue weighted by atomic mass is 15.2. The summed E-state index contributed by atoms with van der Waals surface area (Å²) in [6.07, 6.45) is 9.77. The number of hydrogen-bond acceptors (Lipinski definition) is 3. The molecule has 1 heterocycles. The minimum absolute atomic E-state index is 0.328. The molecule has 0 radical (unpaired) electrons. The number of aryl methyl sites for hydroxylation is 1. The Morgan fingerprint density at radius 1 is 1.39 bits per heavy atom. The van der Waals surface area contributed by atoms with Gasteiger partial charge in [-0.05, 0) is 19.3 Å². The van der Waals surface area contributed by atoms with E-state index in [0.717, 1.165) is 18.8 Å². The molecule has 0 aromatic carbocycles. The number of nitrogens with zero attached hydrogens (tertiary/aromatic N) is 2. The Kier molecular flexibility index (Phi) is 6.98. The van der Waals surface area contributed by atoms with Crippen LogP contribution in [0.5, 0.6) is 0 Å². The van der Waals surface area contributed by atoms with Gasteiger partial charge in [0.15, 0.2) is 0 Å². The molecule has 2 unspecified atom stereocenters. The van der Waals surface area contributed by atoms with Crippen molar-refractivity contribution in [3.63, 3.8) is 0 Å². The normalized spacial score (nSPS) is 14.7. The Balaban J connectivity index is 2.64. The third-order valence-electron chi connectivity index (χ3n) is 3.78. The highest BCUT2D eigenvalue weighted by molar-refractivity contribution is 4.96. The van der Waals surface area contributed by atoms with Gasteiger partial charge in [0.2, 0.25) is 0 Å². The summed E-state index contributed by atoms with van der Waals surface area (Å²) >= 11 is 0. The van der Waals surface area contributed by atoms with Gasteiger partial charge < -0.3 is 4.57 Å². The quantitative estimate of drug-likeness (QED) is 0.524. The van der Waals surface area contributed by atoms with Crippen LogP contribution in [0.4, 0.5) is 0 Å². The first kappa shape index (κ1) is 15.2. The molecule has 1 aromatic rings. The number of unbranched alkanes of at least 4 members (excludes halogenated alkanes) is 1. The lowest BCUT2D eigenvalue weighted by Gasteiger charge is -2.25. The number of hydrogen-bond donors (Lipinski definition) is 2. The maximum Gasteiger partial charge on any atom is 0.110 e. The van der Waals surface area contributed by atoms with E-state index in [2.05, 4.69) is 35.7 Å². The Bertz CT molecular complexity index is 321. The summed E-state index contributed by atoms with van der Waals surface area (Å²) in [5.74, 6) is 7.51. The molecule has 0 aliphatic heterocycles. The van der Waals surface area contributed by atoms with Gasteiger partial charge in [0.1, 0.15) is 5.82 Å². The van der Waals surface area contributed by atoms with Crippen LogP contribution in [0.25, 0.3) is 0 Å². The predicted molar refractivity (Wildman–Crippen MR) is 76.0 cm³/mol. The minimum Gasteiger partial charge on any atom is -0.335 e. The van der Waals surface area contributed by atoms with E-state index in [1.165, 1.54) is 25.7 Å². The van der Waals surface area contributed by atoms with Crippen LogP contribution < -0.4 is 11.3 Å². The van der Waals surface area contributed by atoms with Crippen LogP contribution in [0.2, 0.25) is 0 Å². The molecular formula is C14H28N4. The number of hydrazine groups is 1. The van der Waals surface area contributed by atoms with Crippen molar-refractivity contribution in [1.29, 1.82) is 0 Å². The van der Waals surface area contributed by atoms with Crippen molar-refractivity contribution >= 4 is 0 Å². The van der Waals surface area contributed by atoms with E-state index in [1.54, 1.807) is 0 Å². The Morgan fingerprint density at radius 2 is 2.17 bits per heavy atom. The van der Waals surface area contributed by atoms with Crippen molar-refractivity contribution in [2.24, 2.45) is 11.8 Å². The third kappa shape index (κ3) is 4.10. The van der Waals surface area contributed by atoms with E-state index in [4.69, 9.17) is 5.84 Å². The van der Waals surface area contributed by atoms with Crippen molar-refractivity contribution in [1.82, 2.24) is 15.0 Å². The molecule has 1 aromatic heterocycles.